The largest absolute Gasteiger partial charge is 0.453 e. The van der Waals surface area contributed by atoms with Gasteiger partial charge in [-0.05, 0) is 55.0 Å². The zero-order valence-electron chi connectivity index (χ0n) is 21.4. The van der Waals surface area contributed by atoms with E-state index in [1.165, 1.54) is 60.9 Å². The minimum absolute atomic E-state index is 0.162. The number of nitrogens with zero attached hydrogens (tertiary/aromatic N) is 4. The van der Waals surface area contributed by atoms with Gasteiger partial charge >= 0.3 is 0 Å². The van der Waals surface area contributed by atoms with Crippen molar-refractivity contribution in [2.75, 3.05) is 5.32 Å². The highest BCUT2D eigenvalue weighted by atomic mass is 19.3. The van der Waals surface area contributed by atoms with Crippen LogP contribution in [0.4, 0.5) is 23.4 Å². The average Bonchev–Trinajstić information content (AvgIpc) is 3.34. The molecule has 2 aromatic carbocycles. The minimum atomic E-state index is -2.51. The number of carbonyl (C=O) groups excluding carboxylic acids is 1. The van der Waals surface area contributed by atoms with E-state index in [-0.39, 0.29) is 40.6 Å². The van der Waals surface area contributed by atoms with Crippen molar-refractivity contribution in [2.24, 2.45) is 0 Å². The van der Waals surface area contributed by atoms with Crippen molar-refractivity contribution in [3.05, 3.63) is 100 Å². The van der Waals surface area contributed by atoms with Gasteiger partial charge in [0, 0.05) is 37.3 Å². The first-order valence-electron chi connectivity index (χ1n) is 12.4. The smallest absolute Gasteiger partial charge is 0.282 e. The predicted molar refractivity (Wildman–Crippen MR) is 142 cm³/mol. The third kappa shape index (κ3) is 6.08. The molecule has 3 aromatic heterocycles. The second kappa shape index (κ2) is 11.6. The highest BCUT2D eigenvalue weighted by Crippen LogP contribution is 2.34. The first-order valence-corrected chi connectivity index (χ1v) is 12.4. The van der Waals surface area contributed by atoms with E-state index in [0.29, 0.717) is 11.0 Å². The van der Waals surface area contributed by atoms with E-state index in [2.05, 4.69) is 25.6 Å². The Morgan fingerprint density at radius 3 is 2.56 bits per heavy atom. The number of pyridine rings is 1. The fraction of sp³-hybridized carbons (Fsp3) is 0.179. The molecule has 0 spiro atoms. The summed E-state index contributed by atoms with van der Waals surface area (Å²) in [6.45, 7) is 1.58. The van der Waals surface area contributed by atoms with Gasteiger partial charge in [0.05, 0.1) is 11.3 Å². The van der Waals surface area contributed by atoms with Crippen molar-refractivity contribution in [1.82, 2.24) is 25.0 Å². The van der Waals surface area contributed by atoms with Crippen molar-refractivity contribution in [3.63, 3.8) is 0 Å². The topological polar surface area (TPSA) is 115 Å². The van der Waals surface area contributed by atoms with Crippen LogP contribution in [-0.2, 0) is 6.42 Å². The lowest BCUT2D eigenvalue weighted by molar-refractivity contribution is 0.0990. The molecule has 2 N–H and O–H groups in total. The first-order chi connectivity index (χ1) is 19.7. The summed E-state index contributed by atoms with van der Waals surface area (Å²) in [4.78, 5) is 30.0. The van der Waals surface area contributed by atoms with Crippen LogP contribution < -0.4 is 15.6 Å². The van der Waals surface area contributed by atoms with Gasteiger partial charge in [-0.15, -0.1) is 0 Å². The molecule has 1 unspecified atom stereocenters. The molecule has 210 valence electrons. The SMILES string of the molecule is CC(CC(F)F)Nc1n[nH]c2nccc(Oc3ccc(CC(=O)c4ccnn(-c5ccc(F)cc5)c4=O)cc3F)c12. The van der Waals surface area contributed by atoms with Gasteiger partial charge in [-0.25, -0.2) is 22.5 Å². The Kier molecular flexibility index (Phi) is 7.77. The summed E-state index contributed by atoms with van der Waals surface area (Å²) in [5, 5.41) is 13.9. The third-order valence-electron chi connectivity index (χ3n) is 6.14. The average molecular weight is 567 g/mol. The van der Waals surface area contributed by atoms with E-state index in [4.69, 9.17) is 4.74 Å². The molecular formula is C28H22F4N6O3. The zero-order valence-corrected chi connectivity index (χ0v) is 21.4. The van der Waals surface area contributed by atoms with Gasteiger partial charge in [0.25, 0.3) is 5.56 Å². The van der Waals surface area contributed by atoms with E-state index in [0.717, 1.165) is 10.7 Å². The lowest BCUT2D eigenvalue weighted by Crippen LogP contribution is -2.27. The van der Waals surface area contributed by atoms with Gasteiger partial charge in [-0.2, -0.15) is 14.9 Å². The Bertz CT molecular complexity index is 1770. The van der Waals surface area contributed by atoms with Crippen molar-refractivity contribution in [2.45, 2.75) is 32.2 Å². The lowest BCUT2D eigenvalue weighted by atomic mass is 10.0. The molecule has 0 amide bonds. The maximum absolute atomic E-state index is 15.1. The van der Waals surface area contributed by atoms with Crippen LogP contribution in [0.2, 0.25) is 0 Å². The van der Waals surface area contributed by atoms with Crippen LogP contribution in [0.15, 0.2) is 71.8 Å². The first kappa shape index (κ1) is 27.5. The third-order valence-corrected chi connectivity index (χ3v) is 6.14. The normalized spacial score (nSPS) is 12.0. The fourth-order valence-corrected chi connectivity index (χ4v) is 4.20. The molecule has 41 heavy (non-hydrogen) atoms. The Morgan fingerprint density at radius 1 is 1.05 bits per heavy atom. The van der Waals surface area contributed by atoms with Gasteiger partial charge in [-0.3, -0.25) is 14.7 Å². The second-order valence-electron chi connectivity index (χ2n) is 9.18. The van der Waals surface area contributed by atoms with E-state index < -0.39 is 41.9 Å². The number of benzene rings is 2. The molecule has 1 atom stereocenters. The summed E-state index contributed by atoms with van der Waals surface area (Å²) in [5.41, 5.74) is 0.0171. The van der Waals surface area contributed by atoms with Crippen molar-refractivity contribution in [1.29, 1.82) is 0 Å². The molecule has 0 aliphatic rings. The summed E-state index contributed by atoms with van der Waals surface area (Å²) in [6.07, 6.45) is -0.500. The number of H-pyrrole nitrogens is 1. The number of halogens is 4. The Hall–Kier alpha value is -5.07. The Labute approximate surface area is 229 Å². The number of fused-ring (bicyclic) bond motifs is 1. The van der Waals surface area contributed by atoms with Gasteiger partial charge in [-0.1, -0.05) is 6.07 Å². The fourth-order valence-electron chi connectivity index (χ4n) is 4.20. The quantitative estimate of drug-likeness (QED) is 0.171. The number of carbonyl (C=O) groups is 1. The number of anilines is 1. The molecule has 5 aromatic rings. The molecule has 0 aliphatic heterocycles. The lowest BCUT2D eigenvalue weighted by Gasteiger charge is -2.14. The van der Waals surface area contributed by atoms with Crippen molar-refractivity contribution in [3.8, 4) is 17.2 Å². The van der Waals surface area contributed by atoms with Crippen LogP contribution >= 0.6 is 0 Å². The summed E-state index contributed by atoms with van der Waals surface area (Å²) >= 11 is 0. The summed E-state index contributed by atoms with van der Waals surface area (Å²) < 4.78 is 60.6. The molecule has 0 aliphatic carbocycles. The molecule has 0 radical (unpaired) electrons. The number of ketones is 1. The van der Waals surface area contributed by atoms with Gasteiger partial charge in [0.2, 0.25) is 6.43 Å². The van der Waals surface area contributed by atoms with E-state index >= 15 is 4.39 Å². The van der Waals surface area contributed by atoms with Crippen LogP contribution in [0.25, 0.3) is 16.7 Å². The molecule has 9 nitrogen and oxygen atoms in total. The number of aromatic amines is 1. The van der Waals surface area contributed by atoms with Crippen LogP contribution in [0, 0.1) is 11.6 Å². The maximum atomic E-state index is 15.1. The molecule has 3 heterocycles. The van der Waals surface area contributed by atoms with Crippen LogP contribution in [0.5, 0.6) is 11.5 Å². The van der Waals surface area contributed by atoms with Crippen LogP contribution in [-0.4, -0.2) is 43.2 Å². The Balaban J connectivity index is 1.35. The van der Waals surface area contributed by atoms with E-state index in [1.807, 2.05) is 0 Å². The summed E-state index contributed by atoms with van der Waals surface area (Å²) in [6, 6.07) is 11.1. The van der Waals surface area contributed by atoms with Crippen LogP contribution in [0.3, 0.4) is 0 Å². The number of ether oxygens (including phenoxy) is 1. The van der Waals surface area contributed by atoms with Gasteiger partial charge in [0.15, 0.2) is 28.8 Å². The molecule has 0 saturated carbocycles. The molecule has 0 saturated heterocycles. The number of aromatic nitrogens is 5. The van der Waals surface area contributed by atoms with Gasteiger partial charge < -0.3 is 10.1 Å². The number of rotatable bonds is 10. The number of alkyl halides is 2. The second-order valence-corrected chi connectivity index (χ2v) is 9.18. The predicted octanol–water partition coefficient (Wildman–Crippen LogP) is 5.46. The van der Waals surface area contributed by atoms with Crippen LogP contribution in [0.1, 0.15) is 29.3 Å². The van der Waals surface area contributed by atoms with E-state index in [1.54, 1.807) is 6.92 Å². The van der Waals surface area contributed by atoms with E-state index in [9.17, 15) is 22.8 Å². The molecule has 5 rings (SSSR count). The minimum Gasteiger partial charge on any atom is -0.453 e. The summed E-state index contributed by atoms with van der Waals surface area (Å²) in [5.74, 6) is -1.59. The molecular weight excluding hydrogens is 544 g/mol. The van der Waals surface area contributed by atoms with Crippen molar-refractivity contribution >= 4 is 22.6 Å². The Morgan fingerprint density at radius 2 is 1.83 bits per heavy atom. The van der Waals surface area contributed by atoms with Crippen molar-refractivity contribution < 1.29 is 27.1 Å². The molecule has 0 bridgehead atoms. The maximum Gasteiger partial charge on any atom is 0.282 e. The highest BCUT2D eigenvalue weighted by molar-refractivity contribution is 5.97. The monoisotopic (exact) mass is 566 g/mol. The summed E-state index contributed by atoms with van der Waals surface area (Å²) in [7, 11) is 0. The number of nitrogens with one attached hydrogen (secondary N) is 2. The zero-order chi connectivity index (χ0) is 29.1. The number of hydrogen-bond donors (Lipinski definition) is 2. The number of Topliss-reactive ketones (excluding diaryl/α,β-unsaturated/α-hetero) is 1. The molecule has 0 fully saturated rings. The standard InChI is InChI=1S/C28H22F4N6O3/c1-15(12-24(31)32)35-27-25-23(9-10-33-26(25)36-37-27)41-22-7-2-16(13-20(22)30)14-21(39)19-8-11-34-38(28(19)40)18-5-3-17(29)4-6-18/h2-11,13,15,24H,12,14H2,1H3,(H2,33,35,36,37). The van der Waals surface area contributed by atoms with Gasteiger partial charge in [0.1, 0.15) is 17.0 Å². The molecule has 13 heteroatoms. The highest BCUT2D eigenvalue weighted by Gasteiger charge is 2.19. The number of hydrogen-bond acceptors (Lipinski definition) is 7.